The molecule has 2 amide bonds. The molecule has 1 saturated heterocycles. The largest absolute Gasteiger partial charge is 0.369 e. The van der Waals surface area contributed by atoms with Gasteiger partial charge in [0.1, 0.15) is 0 Å². The van der Waals surface area contributed by atoms with Gasteiger partial charge < -0.3 is 11.5 Å². The van der Waals surface area contributed by atoms with E-state index in [1.807, 2.05) is 4.90 Å². The van der Waals surface area contributed by atoms with Crippen LogP contribution >= 0.6 is 0 Å². The minimum Gasteiger partial charge on any atom is -0.369 e. The molecule has 0 bridgehead atoms. The summed E-state index contributed by atoms with van der Waals surface area (Å²) >= 11 is 0. The van der Waals surface area contributed by atoms with Gasteiger partial charge in [0.2, 0.25) is 11.8 Å². The summed E-state index contributed by atoms with van der Waals surface area (Å²) in [6, 6.07) is 0. The van der Waals surface area contributed by atoms with Gasteiger partial charge in [0, 0.05) is 6.54 Å². The number of piperidine rings is 1. The van der Waals surface area contributed by atoms with E-state index in [9.17, 15) is 9.59 Å². The van der Waals surface area contributed by atoms with Crippen LogP contribution in [0.3, 0.4) is 0 Å². The number of likely N-dealkylation sites (tertiary alicyclic amines) is 1. The highest BCUT2D eigenvalue weighted by Crippen LogP contribution is 2.15. The van der Waals surface area contributed by atoms with Crippen LogP contribution in [0.25, 0.3) is 0 Å². The van der Waals surface area contributed by atoms with Crippen LogP contribution in [0.5, 0.6) is 0 Å². The van der Waals surface area contributed by atoms with Crippen molar-refractivity contribution in [3.63, 3.8) is 0 Å². The van der Waals surface area contributed by atoms with Crippen molar-refractivity contribution in [2.45, 2.75) is 12.8 Å². The highest BCUT2D eigenvalue weighted by atomic mass is 16.1. The SMILES string of the molecule is NC(=O)CN1CCCC(C(N)=O)C1. The van der Waals surface area contributed by atoms with Gasteiger partial charge >= 0.3 is 0 Å². The highest BCUT2D eigenvalue weighted by Gasteiger charge is 2.24. The fourth-order valence-electron chi connectivity index (χ4n) is 1.65. The first-order valence-corrected chi connectivity index (χ1v) is 4.39. The van der Waals surface area contributed by atoms with Gasteiger partial charge in [0.05, 0.1) is 12.5 Å². The average Bonchev–Trinajstić information content (AvgIpc) is 2.03. The molecule has 5 nitrogen and oxygen atoms in total. The highest BCUT2D eigenvalue weighted by molar-refractivity contribution is 5.78. The lowest BCUT2D eigenvalue weighted by Crippen LogP contribution is -2.44. The van der Waals surface area contributed by atoms with E-state index >= 15 is 0 Å². The molecule has 0 saturated carbocycles. The van der Waals surface area contributed by atoms with E-state index in [2.05, 4.69) is 0 Å². The third-order valence-electron chi connectivity index (χ3n) is 2.29. The third-order valence-corrected chi connectivity index (χ3v) is 2.29. The number of hydrogen-bond acceptors (Lipinski definition) is 3. The molecular formula is C8H15N3O2. The first-order valence-electron chi connectivity index (χ1n) is 4.39. The summed E-state index contributed by atoms with van der Waals surface area (Å²) in [5.41, 5.74) is 10.2. The third kappa shape index (κ3) is 3.02. The predicted octanol–water partition coefficient (Wildman–Crippen LogP) is -1.33. The zero-order chi connectivity index (χ0) is 9.84. The van der Waals surface area contributed by atoms with Gasteiger partial charge in [-0.2, -0.15) is 0 Å². The molecule has 0 aliphatic carbocycles. The molecule has 1 heterocycles. The van der Waals surface area contributed by atoms with Gasteiger partial charge in [-0.05, 0) is 19.4 Å². The van der Waals surface area contributed by atoms with Crippen molar-refractivity contribution in [3.05, 3.63) is 0 Å². The molecule has 13 heavy (non-hydrogen) atoms. The molecule has 1 unspecified atom stereocenters. The second kappa shape index (κ2) is 4.23. The summed E-state index contributed by atoms with van der Waals surface area (Å²) in [6.07, 6.45) is 1.73. The Bertz CT molecular complexity index is 217. The lowest BCUT2D eigenvalue weighted by molar-refractivity contribution is -0.125. The number of nitrogens with two attached hydrogens (primary N) is 2. The lowest BCUT2D eigenvalue weighted by Gasteiger charge is -2.29. The molecule has 5 heteroatoms. The molecule has 4 N–H and O–H groups in total. The first kappa shape index (κ1) is 9.98. The van der Waals surface area contributed by atoms with Crippen LogP contribution in [0.2, 0.25) is 0 Å². The fraction of sp³-hybridized carbons (Fsp3) is 0.750. The van der Waals surface area contributed by atoms with Crippen molar-refractivity contribution in [3.8, 4) is 0 Å². The number of primary amides is 2. The maximum Gasteiger partial charge on any atom is 0.231 e. The Hall–Kier alpha value is -1.10. The van der Waals surface area contributed by atoms with Crippen LogP contribution in [0.4, 0.5) is 0 Å². The van der Waals surface area contributed by atoms with E-state index in [1.165, 1.54) is 0 Å². The van der Waals surface area contributed by atoms with Crippen molar-refractivity contribution >= 4 is 11.8 Å². The monoisotopic (exact) mass is 185 g/mol. The fourth-order valence-corrected chi connectivity index (χ4v) is 1.65. The van der Waals surface area contributed by atoms with E-state index in [0.29, 0.717) is 6.54 Å². The number of amides is 2. The Morgan fingerprint density at radius 1 is 1.38 bits per heavy atom. The minimum atomic E-state index is -0.356. The molecule has 0 aromatic carbocycles. The molecule has 1 atom stereocenters. The second-order valence-electron chi connectivity index (χ2n) is 3.44. The predicted molar refractivity (Wildman–Crippen MR) is 47.6 cm³/mol. The molecule has 0 spiro atoms. The van der Waals surface area contributed by atoms with Crippen LogP contribution < -0.4 is 11.5 Å². The number of carbonyl (C=O) groups excluding carboxylic acids is 2. The lowest BCUT2D eigenvalue weighted by atomic mass is 9.97. The van der Waals surface area contributed by atoms with Crippen molar-refractivity contribution in [1.82, 2.24) is 4.90 Å². The van der Waals surface area contributed by atoms with Crippen molar-refractivity contribution in [2.24, 2.45) is 17.4 Å². The maximum absolute atomic E-state index is 10.9. The van der Waals surface area contributed by atoms with Gasteiger partial charge in [0.25, 0.3) is 0 Å². The summed E-state index contributed by atoms with van der Waals surface area (Å²) in [6.45, 7) is 1.62. The number of hydrogen-bond donors (Lipinski definition) is 2. The number of nitrogens with zero attached hydrogens (tertiary/aromatic N) is 1. The van der Waals surface area contributed by atoms with Crippen molar-refractivity contribution in [2.75, 3.05) is 19.6 Å². The van der Waals surface area contributed by atoms with Gasteiger partial charge in [-0.15, -0.1) is 0 Å². The summed E-state index contributed by atoms with van der Waals surface area (Å²) in [5, 5.41) is 0. The summed E-state index contributed by atoms with van der Waals surface area (Å²) in [5.74, 6) is -0.757. The maximum atomic E-state index is 10.9. The average molecular weight is 185 g/mol. The first-order chi connectivity index (χ1) is 6.09. The van der Waals surface area contributed by atoms with Crippen LogP contribution in [0, 0.1) is 5.92 Å². The summed E-state index contributed by atoms with van der Waals surface area (Å²) in [7, 11) is 0. The van der Waals surface area contributed by atoms with E-state index in [4.69, 9.17) is 11.5 Å². The van der Waals surface area contributed by atoms with Crippen LogP contribution in [0.15, 0.2) is 0 Å². The Labute approximate surface area is 77.1 Å². The zero-order valence-corrected chi connectivity index (χ0v) is 7.53. The molecular weight excluding hydrogens is 170 g/mol. The van der Waals surface area contributed by atoms with E-state index in [0.717, 1.165) is 19.4 Å². The van der Waals surface area contributed by atoms with Crippen LogP contribution in [0.1, 0.15) is 12.8 Å². The Morgan fingerprint density at radius 3 is 2.62 bits per heavy atom. The van der Waals surface area contributed by atoms with Crippen molar-refractivity contribution in [1.29, 1.82) is 0 Å². The normalized spacial score (nSPS) is 24.2. The van der Waals surface area contributed by atoms with Gasteiger partial charge in [-0.25, -0.2) is 0 Å². The van der Waals surface area contributed by atoms with Crippen LogP contribution in [-0.4, -0.2) is 36.3 Å². The van der Waals surface area contributed by atoms with Gasteiger partial charge in [-0.3, -0.25) is 14.5 Å². The Kier molecular flexibility index (Phi) is 3.25. The summed E-state index contributed by atoms with van der Waals surface area (Å²) in [4.78, 5) is 23.3. The zero-order valence-electron chi connectivity index (χ0n) is 7.53. The van der Waals surface area contributed by atoms with E-state index in [-0.39, 0.29) is 24.3 Å². The van der Waals surface area contributed by atoms with E-state index in [1.54, 1.807) is 0 Å². The second-order valence-corrected chi connectivity index (χ2v) is 3.44. The Morgan fingerprint density at radius 2 is 2.08 bits per heavy atom. The molecule has 74 valence electrons. The number of rotatable bonds is 3. The summed E-state index contributed by atoms with van der Waals surface area (Å²) < 4.78 is 0. The molecule has 0 aromatic rings. The molecule has 1 fully saturated rings. The van der Waals surface area contributed by atoms with E-state index < -0.39 is 0 Å². The molecule has 0 aromatic heterocycles. The standard InChI is InChI=1S/C8H15N3O2/c9-7(12)5-11-3-1-2-6(4-11)8(10)13/h6H,1-5H2,(H2,9,12)(H2,10,13). The number of carbonyl (C=O) groups is 2. The van der Waals surface area contributed by atoms with Crippen LogP contribution in [-0.2, 0) is 9.59 Å². The van der Waals surface area contributed by atoms with Gasteiger partial charge in [-0.1, -0.05) is 0 Å². The van der Waals surface area contributed by atoms with Gasteiger partial charge in [0.15, 0.2) is 0 Å². The minimum absolute atomic E-state index is 0.118. The topological polar surface area (TPSA) is 89.4 Å². The molecule has 1 aliphatic heterocycles. The van der Waals surface area contributed by atoms with Crippen molar-refractivity contribution < 1.29 is 9.59 Å². The molecule has 1 aliphatic rings. The smallest absolute Gasteiger partial charge is 0.231 e. The quantitative estimate of drug-likeness (QED) is 0.570. The molecule has 0 radical (unpaired) electrons. The Balaban J connectivity index is 2.41. The molecule has 1 rings (SSSR count).